The Morgan fingerprint density at radius 2 is 1.81 bits per heavy atom. The lowest BCUT2D eigenvalue weighted by Crippen LogP contribution is -2.16. The molecule has 1 fully saturated rings. The molecule has 1 heterocycles. The molecule has 170 valence electrons. The number of nitrogens with one attached hydrogen (secondary N) is 2. The molecule has 0 saturated heterocycles. The fourth-order valence-corrected chi connectivity index (χ4v) is 6.60. The summed E-state index contributed by atoms with van der Waals surface area (Å²) in [6.45, 7) is 6.71. The van der Waals surface area contributed by atoms with E-state index in [9.17, 15) is 8.42 Å². The maximum absolute atomic E-state index is 13.1. The molecule has 2 N–H and O–H groups in total. The molecule has 0 atom stereocenters. The Hall–Kier alpha value is -2.38. The van der Waals surface area contributed by atoms with Crippen molar-refractivity contribution in [3.8, 4) is 10.4 Å². The molecule has 0 spiro atoms. The van der Waals surface area contributed by atoms with E-state index in [-0.39, 0.29) is 0 Å². The Bertz CT molecular complexity index is 1200. The summed E-state index contributed by atoms with van der Waals surface area (Å²) in [5.74, 6) is 0.722. The molecule has 0 radical (unpaired) electrons. The number of hydrogen-bond donors (Lipinski definition) is 2. The minimum Gasteiger partial charge on any atom is -0.361 e. The molecule has 0 unspecified atom stereocenters. The van der Waals surface area contributed by atoms with Crippen LogP contribution >= 0.6 is 11.3 Å². The van der Waals surface area contributed by atoms with Crippen LogP contribution in [-0.2, 0) is 10.0 Å². The summed E-state index contributed by atoms with van der Waals surface area (Å²) >= 11 is 1.59. The molecule has 0 amide bonds. The minimum absolute atomic E-state index is 0.293. The summed E-state index contributed by atoms with van der Waals surface area (Å²) in [5.41, 5.74) is 4.08. The van der Waals surface area contributed by atoms with Crippen molar-refractivity contribution < 1.29 is 8.42 Å². The van der Waals surface area contributed by atoms with Gasteiger partial charge in [0.15, 0.2) is 5.13 Å². The van der Waals surface area contributed by atoms with Gasteiger partial charge in [-0.1, -0.05) is 54.9 Å². The molecule has 1 aliphatic rings. The second kappa shape index (κ2) is 9.63. The number of anilines is 2. The number of aromatic nitrogens is 1. The summed E-state index contributed by atoms with van der Waals surface area (Å²) in [6.07, 6.45) is 6.58. The Labute approximate surface area is 195 Å². The zero-order valence-corrected chi connectivity index (χ0v) is 20.6. The molecule has 4 rings (SSSR count). The molecule has 1 aromatic heterocycles. The molecule has 1 aliphatic carbocycles. The van der Waals surface area contributed by atoms with Gasteiger partial charge in [0, 0.05) is 12.2 Å². The van der Waals surface area contributed by atoms with Crippen LogP contribution in [0.3, 0.4) is 0 Å². The van der Waals surface area contributed by atoms with Gasteiger partial charge in [-0.3, -0.25) is 4.72 Å². The first-order chi connectivity index (χ1) is 15.3. The summed E-state index contributed by atoms with van der Waals surface area (Å²) in [5, 5.41) is 4.42. The predicted octanol–water partition coefficient (Wildman–Crippen LogP) is 6.53. The first kappa shape index (κ1) is 22.8. The average Bonchev–Trinajstić information content (AvgIpc) is 3.13. The largest absolute Gasteiger partial charge is 0.361 e. The topological polar surface area (TPSA) is 71.1 Å². The first-order valence-electron chi connectivity index (χ1n) is 11.2. The molecule has 0 bridgehead atoms. The van der Waals surface area contributed by atoms with Crippen molar-refractivity contribution >= 4 is 32.2 Å². The molecule has 7 heteroatoms. The minimum atomic E-state index is -3.70. The van der Waals surface area contributed by atoms with Crippen LogP contribution in [0.2, 0.25) is 0 Å². The van der Waals surface area contributed by atoms with Crippen LogP contribution in [-0.4, -0.2) is 19.9 Å². The van der Waals surface area contributed by atoms with Crippen LogP contribution < -0.4 is 10.0 Å². The van der Waals surface area contributed by atoms with Crippen LogP contribution in [0.1, 0.15) is 48.9 Å². The van der Waals surface area contributed by atoms with Crippen molar-refractivity contribution in [1.82, 2.24) is 4.98 Å². The van der Waals surface area contributed by atoms with Gasteiger partial charge in [-0.2, -0.15) is 0 Å². The molecular weight excluding hydrogens is 438 g/mol. The van der Waals surface area contributed by atoms with Crippen molar-refractivity contribution in [2.45, 2.75) is 57.8 Å². The van der Waals surface area contributed by atoms with Crippen LogP contribution in [0.4, 0.5) is 10.8 Å². The van der Waals surface area contributed by atoms with Gasteiger partial charge in [0.05, 0.1) is 15.5 Å². The van der Waals surface area contributed by atoms with Crippen molar-refractivity contribution in [1.29, 1.82) is 0 Å². The maximum atomic E-state index is 13.1. The van der Waals surface area contributed by atoms with E-state index in [0.717, 1.165) is 39.3 Å². The van der Waals surface area contributed by atoms with Gasteiger partial charge in [0.1, 0.15) is 0 Å². The van der Waals surface area contributed by atoms with Crippen LogP contribution in [0.25, 0.3) is 10.4 Å². The smallest absolute Gasteiger partial charge is 0.262 e. The second-order valence-corrected chi connectivity index (χ2v) is 11.4. The molecule has 1 saturated carbocycles. The Kier molecular flexibility index (Phi) is 6.86. The summed E-state index contributed by atoms with van der Waals surface area (Å²) < 4.78 is 29.0. The summed E-state index contributed by atoms with van der Waals surface area (Å²) in [4.78, 5) is 6.00. The number of benzene rings is 2. The van der Waals surface area contributed by atoms with E-state index < -0.39 is 10.0 Å². The molecule has 0 aliphatic heterocycles. The lowest BCUT2D eigenvalue weighted by atomic mass is 9.89. The van der Waals surface area contributed by atoms with Gasteiger partial charge < -0.3 is 5.32 Å². The highest BCUT2D eigenvalue weighted by Gasteiger charge is 2.20. The first-order valence-corrected chi connectivity index (χ1v) is 13.5. The van der Waals surface area contributed by atoms with Gasteiger partial charge >= 0.3 is 0 Å². The fourth-order valence-electron chi connectivity index (χ4n) is 4.31. The standard InChI is InChI=1S/C25H31N3O2S2/c1-17-8-7-11-22(14-17)28-32(29,30)23-15-21(13-12-18(23)2)24-19(3)27-25(31-24)26-16-20-9-5-4-6-10-20/h7-8,11-15,20,28H,4-6,9-10,16H2,1-3H3,(H,26,27). The quantitative estimate of drug-likeness (QED) is 0.413. The molecule has 32 heavy (non-hydrogen) atoms. The van der Waals surface area contributed by atoms with Crippen molar-refractivity contribution in [3.63, 3.8) is 0 Å². The van der Waals surface area contributed by atoms with E-state index in [1.807, 2.05) is 51.1 Å². The number of aryl methyl sites for hydroxylation is 3. The fraction of sp³-hybridized carbons (Fsp3) is 0.400. The van der Waals surface area contributed by atoms with Crippen molar-refractivity contribution in [2.24, 2.45) is 5.92 Å². The highest BCUT2D eigenvalue weighted by Crippen LogP contribution is 2.35. The number of sulfonamides is 1. The van der Waals surface area contributed by atoms with Crippen LogP contribution in [0, 0.1) is 26.7 Å². The Balaban J connectivity index is 1.56. The summed E-state index contributed by atoms with van der Waals surface area (Å²) in [7, 11) is -3.70. The van der Waals surface area contributed by atoms with Crippen LogP contribution in [0.5, 0.6) is 0 Å². The predicted molar refractivity (Wildman–Crippen MR) is 134 cm³/mol. The SMILES string of the molecule is Cc1cccc(NS(=O)(=O)c2cc(-c3sc(NCC4CCCCC4)nc3C)ccc2C)c1. The maximum Gasteiger partial charge on any atom is 0.262 e. The number of rotatable bonds is 7. The third-order valence-electron chi connectivity index (χ3n) is 6.07. The van der Waals surface area contributed by atoms with Gasteiger partial charge in [0.2, 0.25) is 0 Å². The monoisotopic (exact) mass is 469 g/mol. The van der Waals surface area contributed by atoms with E-state index in [0.29, 0.717) is 16.1 Å². The van der Waals surface area contributed by atoms with E-state index in [4.69, 9.17) is 4.98 Å². The zero-order valence-electron chi connectivity index (χ0n) is 18.9. The van der Waals surface area contributed by atoms with E-state index in [2.05, 4.69) is 10.0 Å². The normalized spacial score (nSPS) is 15.0. The number of nitrogens with zero attached hydrogens (tertiary/aromatic N) is 1. The van der Waals surface area contributed by atoms with Gasteiger partial charge in [-0.15, -0.1) is 0 Å². The van der Waals surface area contributed by atoms with E-state index in [1.54, 1.807) is 23.5 Å². The van der Waals surface area contributed by atoms with E-state index in [1.165, 1.54) is 32.1 Å². The molecule has 2 aromatic carbocycles. The van der Waals surface area contributed by atoms with Gasteiger partial charge in [-0.25, -0.2) is 13.4 Å². The third-order valence-corrected chi connectivity index (χ3v) is 8.76. The highest BCUT2D eigenvalue weighted by molar-refractivity contribution is 7.92. The van der Waals surface area contributed by atoms with Gasteiger partial charge in [0.25, 0.3) is 10.0 Å². The third kappa shape index (κ3) is 5.33. The molecule has 3 aromatic rings. The Morgan fingerprint density at radius 3 is 2.56 bits per heavy atom. The second-order valence-electron chi connectivity index (χ2n) is 8.77. The molecule has 5 nitrogen and oxygen atoms in total. The number of hydrogen-bond acceptors (Lipinski definition) is 5. The van der Waals surface area contributed by atoms with E-state index >= 15 is 0 Å². The average molecular weight is 470 g/mol. The highest BCUT2D eigenvalue weighted by atomic mass is 32.2. The lowest BCUT2D eigenvalue weighted by molar-refractivity contribution is 0.373. The van der Waals surface area contributed by atoms with Crippen LogP contribution in [0.15, 0.2) is 47.4 Å². The number of thiazole rings is 1. The van der Waals surface area contributed by atoms with Gasteiger partial charge in [-0.05, 0) is 74.4 Å². The summed E-state index contributed by atoms with van der Waals surface area (Å²) in [6, 6.07) is 13.0. The Morgan fingerprint density at radius 1 is 1.03 bits per heavy atom. The zero-order chi connectivity index (χ0) is 22.7. The van der Waals surface area contributed by atoms with Crippen molar-refractivity contribution in [2.75, 3.05) is 16.6 Å². The van der Waals surface area contributed by atoms with Crippen molar-refractivity contribution in [3.05, 3.63) is 59.3 Å². The molecular formula is C25H31N3O2S2. The lowest BCUT2D eigenvalue weighted by Gasteiger charge is -2.21.